The molecule has 1 aromatic heterocycles. The Morgan fingerprint density at radius 2 is 1.90 bits per heavy atom. The maximum Gasteiger partial charge on any atom is 0.0780 e. The molecule has 4 heteroatoms. The molecule has 2 rings (SSSR count). The molecule has 1 aromatic rings. The first kappa shape index (κ1) is 16.2. The molecule has 0 spiro atoms. The lowest BCUT2D eigenvalue weighted by Gasteiger charge is -2.38. The van der Waals surface area contributed by atoms with Gasteiger partial charge in [0.2, 0.25) is 0 Å². The highest BCUT2D eigenvalue weighted by Crippen LogP contribution is 2.29. The summed E-state index contributed by atoms with van der Waals surface area (Å²) in [6, 6.07) is 4.35. The van der Waals surface area contributed by atoms with E-state index in [0.717, 1.165) is 43.9 Å². The van der Waals surface area contributed by atoms with Gasteiger partial charge in [0, 0.05) is 25.3 Å². The predicted octanol–water partition coefficient (Wildman–Crippen LogP) is 2.62. The van der Waals surface area contributed by atoms with Crippen LogP contribution in [-0.4, -0.2) is 47.8 Å². The highest BCUT2D eigenvalue weighted by molar-refractivity contribution is 5.52. The van der Waals surface area contributed by atoms with E-state index in [1.165, 1.54) is 5.69 Å². The number of nitrogens with zero attached hydrogens (tertiary/aromatic N) is 3. The minimum absolute atomic E-state index is 0.446. The van der Waals surface area contributed by atoms with Crippen LogP contribution in [0.3, 0.4) is 0 Å². The highest BCUT2D eigenvalue weighted by atomic mass is 16.3. The van der Waals surface area contributed by atoms with Crippen LogP contribution in [-0.2, 0) is 6.54 Å². The monoisotopic (exact) mass is 291 g/mol. The summed E-state index contributed by atoms with van der Waals surface area (Å²) in [7, 11) is 4.16. The molecule has 2 heterocycles. The van der Waals surface area contributed by atoms with E-state index < -0.39 is 5.60 Å². The summed E-state index contributed by atoms with van der Waals surface area (Å²) in [5.74, 6) is 0.446. The van der Waals surface area contributed by atoms with Crippen molar-refractivity contribution in [2.75, 3.05) is 32.1 Å². The molecule has 0 unspecified atom stereocenters. The third-order valence-corrected chi connectivity index (χ3v) is 4.21. The van der Waals surface area contributed by atoms with Crippen molar-refractivity contribution in [2.45, 2.75) is 51.7 Å². The van der Waals surface area contributed by atoms with Gasteiger partial charge in [-0.05, 0) is 51.9 Å². The number of piperidine rings is 1. The summed E-state index contributed by atoms with van der Waals surface area (Å²) in [6.07, 6.45) is 1.64. The van der Waals surface area contributed by atoms with E-state index in [-0.39, 0.29) is 0 Å². The van der Waals surface area contributed by atoms with Gasteiger partial charge >= 0.3 is 0 Å². The van der Waals surface area contributed by atoms with Crippen molar-refractivity contribution in [2.24, 2.45) is 0 Å². The summed E-state index contributed by atoms with van der Waals surface area (Å²) in [5, 5.41) is 10.1. The molecule has 0 bridgehead atoms. The van der Waals surface area contributed by atoms with E-state index in [1.807, 2.05) is 6.92 Å². The van der Waals surface area contributed by atoms with Gasteiger partial charge in [-0.25, -0.2) is 0 Å². The highest BCUT2D eigenvalue weighted by Gasteiger charge is 2.28. The van der Waals surface area contributed by atoms with Gasteiger partial charge < -0.3 is 14.9 Å². The fraction of sp³-hybridized carbons (Fsp3) is 0.706. The Balaban J connectivity index is 2.25. The van der Waals surface area contributed by atoms with Crippen LogP contribution < -0.4 is 4.90 Å². The maximum absolute atomic E-state index is 10.1. The lowest BCUT2D eigenvalue weighted by molar-refractivity contribution is 0.0351. The molecule has 21 heavy (non-hydrogen) atoms. The van der Waals surface area contributed by atoms with Gasteiger partial charge in [0.1, 0.15) is 0 Å². The molecular formula is C17H29N3O. The van der Waals surface area contributed by atoms with E-state index in [9.17, 15) is 5.11 Å². The van der Waals surface area contributed by atoms with Crippen molar-refractivity contribution in [3.8, 4) is 0 Å². The van der Waals surface area contributed by atoms with Gasteiger partial charge in [0.25, 0.3) is 0 Å². The van der Waals surface area contributed by atoms with Crippen LogP contribution >= 0.6 is 0 Å². The molecule has 0 saturated carbocycles. The zero-order valence-electron chi connectivity index (χ0n) is 14.1. The third kappa shape index (κ3) is 4.17. The molecule has 1 fully saturated rings. The van der Waals surface area contributed by atoms with Gasteiger partial charge in [-0.2, -0.15) is 0 Å². The number of pyridine rings is 1. The van der Waals surface area contributed by atoms with Gasteiger partial charge in [0.05, 0.1) is 17.0 Å². The first-order valence-electron chi connectivity index (χ1n) is 7.90. The van der Waals surface area contributed by atoms with Gasteiger partial charge in [-0.3, -0.25) is 4.98 Å². The van der Waals surface area contributed by atoms with E-state index in [1.54, 1.807) is 0 Å². The molecule has 0 aliphatic carbocycles. The maximum atomic E-state index is 10.1. The van der Waals surface area contributed by atoms with Crippen LogP contribution in [0, 0.1) is 0 Å². The average molecular weight is 291 g/mol. The zero-order chi connectivity index (χ0) is 15.6. The smallest absolute Gasteiger partial charge is 0.0780 e. The number of anilines is 1. The SMILES string of the molecule is CC(C)c1ccc(N2CCC(C)(O)CC2)c(CN(C)C)n1. The third-order valence-electron chi connectivity index (χ3n) is 4.21. The Morgan fingerprint density at radius 3 is 2.43 bits per heavy atom. The minimum atomic E-state index is -0.510. The van der Waals surface area contributed by atoms with E-state index in [2.05, 4.69) is 49.9 Å². The van der Waals surface area contributed by atoms with E-state index in [4.69, 9.17) is 4.98 Å². The standard InChI is InChI=1S/C17H29N3O/c1-13(2)14-6-7-16(15(18-14)12-19(4)5)20-10-8-17(3,21)9-11-20/h6-7,13,21H,8-12H2,1-5H3. The number of rotatable bonds is 4. The van der Waals surface area contributed by atoms with Crippen molar-refractivity contribution in [3.05, 3.63) is 23.5 Å². The normalized spacial score (nSPS) is 18.6. The number of hydrogen-bond acceptors (Lipinski definition) is 4. The van der Waals surface area contributed by atoms with Gasteiger partial charge in [0.15, 0.2) is 0 Å². The van der Waals surface area contributed by atoms with Crippen molar-refractivity contribution in [3.63, 3.8) is 0 Å². The Morgan fingerprint density at radius 1 is 1.29 bits per heavy atom. The summed E-state index contributed by atoms with van der Waals surface area (Å²) < 4.78 is 0. The number of aromatic nitrogens is 1. The summed E-state index contributed by atoms with van der Waals surface area (Å²) in [5.41, 5.74) is 3.01. The lowest BCUT2D eigenvalue weighted by atomic mass is 9.93. The van der Waals surface area contributed by atoms with Crippen molar-refractivity contribution >= 4 is 5.69 Å². The van der Waals surface area contributed by atoms with Crippen LogP contribution in [0.5, 0.6) is 0 Å². The predicted molar refractivity (Wildman–Crippen MR) is 87.8 cm³/mol. The first-order chi connectivity index (χ1) is 9.78. The van der Waals surface area contributed by atoms with Gasteiger partial charge in [-0.15, -0.1) is 0 Å². The van der Waals surface area contributed by atoms with E-state index >= 15 is 0 Å². The molecule has 1 saturated heterocycles. The molecule has 0 aromatic carbocycles. The van der Waals surface area contributed by atoms with Crippen molar-refractivity contribution in [1.29, 1.82) is 0 Å². The topological polar surface area (TPSA) is 39.6 Å². The Labute approximate surface area is 128 Å². The second kappa shape index (κ2) is 6.32. The molecule has 118 valence electrons. The fourth-order valence-corrected chi connectivity index (χ4v) is 2.77. The summed E-state index contributed by atoms with van der Waals surface area (Å²) >= 11 is 0. The van der Waals surface area contributed by atoms with Crippen molar-refractivity contribution in [1.82, 2.24) is 9.88 Å². The molecule has 0 atom stereocenters. The fourth-order valence-electron chi connectivity index (χ4n) is 2.77. The molecule has 0 radical (unpaired) electrons. The van der Waals surface area contributed by atoms with Crippen LogP contribution in [0.1, 0.15) is 50.9 Å². The van der Waals surface area contributed by atoms with Crippen molar-refractivity contribution < 1.29 is 5.11 Å². The minimum Gasteiger partial charge on any atom is -0.390 e. The number of hydrogen-bond donors (Lipinski definition) is 1. The quantitative estimate of drug-likeness (QED) is 0.925. The molecule has 1 aliphatic rings. The summed E-state index contributed by atoms with van der Waals surface area (Å²) in [4.78, 5) is 9.41. The van der Waals surface area contributed by atoms with Crippen LogP contribution in [0.2, 0.25) is 0 Å². The molecule has 1 aliphatic heterocycles. The number of aliphatic hydroxyl groups is 1. The average Bonchev–Trinajstić information content (AvgIpc) is 2.38. The Bertz CT molecular complexity index is 473. The summed E-state index contributed by atoms with van der Waals surface area (Å²) in [6.45, 7) is 8.94. The zero-order valence-corrected chi connectivity index (χ0v) is 14.1. The molecule has 1 N–H and O–H groups in total. The molecular weight excluding hydrogens is 262 g/mol. The van der Waals surface area contributed by atoms with Crippen LogP contribution in [0.25, 0.3) is 0 Å². The van der Waals surface area contributed by atoms with Crippen LogP contribution in [0.4, 0.5) is 5.69 Å². The second-order valence-corrected chi connectivity index (χ2v) is 7.08. The largest absolute Gasteiger partial charge is 0.390 e. The van der Waals surface area contributed by atoms with E-state index in [0.29, 0.717) is 5.92 Å². The van der Waals surface area contributed by atoms with Crippen LogP contribution in [0.15, 0.2) is 12.1 Å². The molecule has 4 nitrogen and oxygen atoms in total. The molecule has 0 amide bonds. The van der Waals surface area contributed by atoms with Gasteiger partial charge in [-0.1, -0.05) is 13.8 Å². The Hall–Kier alpha value is -1.13. The Kier molecular flexibility index (Phi) is 4.89. The second-order valence-electron chi connectivity index (χ2n) is 7.08. The first-order valence-corrected chi connectivity index (χ1v) is 7.90. The lowest BCUT2D eigenvalue weighted by Crippen LogP contribution is -2.43.